The third-order valence-electron chi connectivity index (χ3n) is 2.72. The monoisotopic (exact) mass is 295 g/mol. The van der Waals surface area contributed by atoms with Crippen LogP contribution in [0.3, 0.4) is 0 Å². The summed E-state index contributed by atoms with van der Waals surface area (Å²) in [5.74, 6) is 0.0759. The first-order chi connectivity index (χ1) is 7.90. The smallest absolute Gasteiger partial charge is 0.125 e. The van der Waals surface area contributed by atoms with Gasteiger partial charge in [-0.1, -0.05) is 25.4 Å². The molecule has 1 rings (SSSR count). The molecule has 18 heavy (non-hydrogen) atoms. The third kappa shape index (κ3) is 5.53. The van der Waals surface area contributed by atoms with Gasteiger partial charge in [-0.25, -0.2) is 4.39 Å². The highest BCUT2D eigenvalue weighted by molar-refractivity contribution is 6.30. The summed E-state index contributed by atoms with van der Waals surface area (Å²) >= 11 is 5.75. The van der Waals surface area contributed by atoms with Crippen LogP contribution in [0.5, 0.6) is 0 Å². The predicted octanol–water partition coefficient (Wildman–Crippen LogP) is 3.70. The Kier molecular flexibility index (Phi) is 7.79. The number of hydrogen-bond acceptors (Lipinski definition) is 2. The molecule has 2 nitrogen and oxygen atoms in total. The molecule has 104 valence electrons. The summed E-state index contributed by atoms with van der Waals surface area (Å²) in [6.07, 6.45) is 0.820. The number of aliphatic hydroxyl groups excluding tert-OH is 1. The van der Waals surface area contributed by atoms with Gasteiger partial charge in [-0.05, 0) is 42.5 Å². The lowest BCUT2D eigenvalue weighted by Gasteiger charge is -2.20. The Hall–Kier alpha value is -0.350. The average molecular weight is 296 g/mol. The summed E-state index contributed by atoms with van der Waals surface area (Å²) in [4.78, 5) is 0. The van der Waals surface area contributed by atoms with Crippen molar-refractivity contribution in [3.63, 3.8) is 0 Å². The van der Waals surface area contributed by atoms with Gasteiger partial charge in [-0.2, -0.15) is 0 Å². The van der Waals surface area contributed by atoms with Gasteiger partial charge in [0.2, 0.25) is 0 Å². The lowest BCUT2D eigenvalue weighted by Crippen LogP contribution is -2.26. The molecule has 0 radical (unpaired) electrons. The van der Waals surface area contributed by atoms with Crippen LogP contribution in [0.15, 0.2) is 18.2 Å². The molecule has 0 bridgehead atoms. The zero-order valence-electron chi connectivity index (χ0n) is 10.6. The molecule has 0 aromatic heterocycles. The summed E-state index contributed by atoms with van der Waals surface area (Å²) in [6.45, 7) is 4.16. The fraction of sp³-hybridized carbons (Fsp3) is 0.538. The first-order valence-corrected chi connectivity index (χ1v) is 6.17. The molecule has 5 heteroatoms. The SMILES string of the molecule is CC(C)CC[C@H](O)[C@H](N)c1cc(F)cc(Cl)c1.Cl. The van der Waals surface area contributed by atoms with E-state index in [9.17, 15) is 9.50 Å². The van der Waals surface area contributed by atoms with Crippen molar-refractivity contribution in [2.24, 2.45) is 11.7 Å². The van der Waals surface area contributed by atoms with Crippen LogP contribution in [0.2, 0.25) is 5.02 Å². The van der Waals surface area contributed by atoms with E-state index >= 15 is 0 Å². The lowest BCUT2D eigenvalue weighted by atomic mass is 9.96. The van der Waals surface area contributed by atoms with Crippen LogP contribution in [-0.4, -0.2) is 11.2 Å². The number of benzene rings is 1. The largest absolute Gasteiger partial charge is 0.391 e. The van der Waals surface area contributed by atoms with Crippen LogP contribution in [0.25, 0.3) is 0 Å². The standard InChI is InChI=1S/C13H19ClFNO.ClH/c1-8(2)3-4-12(17)13(16)9-5-10(14)7-11(15)6-9;/h5-8,12-13,17H,3-4,16H2,1-2H3;1H/t12-,13+;/m0./s1. The van der Waals surface area contributed by atoms with Crippen molar-refractivity contribution in [1.82, 2.24) is 0 Å². The molecule has 2 atom stereocenters. The third-order valence-corrected chi connectivity index (χ3v) is 2.94. The Bertz CT molecular complexity index is 354. The van der Waals surface area contributed by atoms with E-state index in [1.54, 1.807) is 6.07 Å². The van der Waals surface area contributed by atoms with E-state index in [2.05, 4.69) is 13.8 Å². The number of halogens is 3. The maximum absolute atomic E-state index is 13.1. The first-order valence-electron chi connectivity index (χ1n) is 5.79. The topological polar surface area (TPSA) is 46.2 Å². The van der Waals surface area contributed by atoms with Crippen molar-refractivity contribution < 1.29 is 9.50 Å². The normalized spacial score (nSPS) is 14.2. The van der Waals surface area contributed by atoms with E-state index in [-0.39, 0.29) is 12.4 Å². The number of aliphatic hydroxyl groups is 1. The Labute approximate surface area is 119 Å². The minimum absolute atomic E-state index is 0. The van der Waals surface area contributed by atoms with Crippen LogP contribution in [0.4, 0.5) is 4.39 Å². The summed E-state index contributed by atoms with van der Waals surface area (Å²) in [5, 5.41) is 10.2. The molecule has 0 aliphatic rings. The van der Waals surface area contributed by atoms with Crippen molar-refractivity contribution >= 4 is 24.0 Å². The van der Waals surface area contributed by atoms with Crippen LogP contribution >= 0.6 is 24.0 Å². The highest BCUT2D eigenvalue weighted by Gasteiger charge is 2.18. The predicted molar refractivity (Wildman–Crippen MR) is 75.7 cm³/mol. The molecule has 0 saturated heterocycles. The van der Waals surface area contributed by atoms with E-state index in [0.29, 0.717) is 22.9 Å². The zero-order valence-corrected chi connectivity index (χ0v) is 12.1. The number of hydrogen-bond donors (Lipinski definition) is 2. The van der Waals surface area contributed by atoms with Crippen molar-refractivity contribution in [2.75, 3.05) is 0 Å². The van der Waals surface area contributed by atoms with Crippen molar-refractivity contribution in [3.05, 3.63) is 34.6 Å². The quantitative estimate of drug-likeness (QED) is 0.870. The van der Waals surface area contributed by atoms with Gasteiger partial charge in [-0.15, -0.1) is 12.4 Å². The van der Waals surface area contributed by atoms with Gasteiger partial charge in [0, 0.05) is 5.02 Å². The van der Waals surface area contributed by atoms with Crippen LogP contribution in [-0.2, 0) is 0 Å². The molecule has 0 aliphatic carbocycles. The van der Waals surface area contributed by atoms with Gasteiger partial charge in [0.05, 0.1) is 12.1 Å². The van der Waals surface area contributed by atoms with E-state index in [4.69, 9.17) is 17.3 Å². The first kappa shape index (κ1) is 17.6. The zero-order chi connectivity index (χ0) is 13.0. The van der Waals surface area contributed by atoms with Gasteiger partial charge in [0.25, 0.3) is 0 Å². The van der Waals surface area contributed by atoms with Crippen LogP contribution < -0.4 is 5.73 Å². The second-order valence-electron chi connectivity index (χ2n) is 4.77. The maximum Gasteiger partial charge on any atom is 0.125 e. The van der Waals surface area contributed by atoms with Gasteiger partial charge in [-0.3, -0.25) is 0 Å². The molecule has 0 spiro atoms. The number of nitrogens with two attached hydrogens (primary N) is 1. The summed E-state index contributed by atoms with van der Waals surface area (Å²) in [6, 6.07) is 3.53. The lowest BCUT2D eigenvalue weighted by molar-refractivity contribution is 0.128. The van der Waals surface area contributed by atoms with Crippen molar-refractivity contribution in [3.8, 4) is 0 Å². The van der Waals surface area contributed by atoms with Gasteiger partial charge in [0.15, 0.2) is 0 Å². The molecular weight excluding hydrogens is 276 g/mol. The van der Waals surface area contributed by atoms with E-state index < -0.39 is 18.0 Å². The van der Waals surface area contributed by atoms with Gasteiger partial charge in [0.1, 0.15) is 5.82 Å². The number of rotatable bonds is 5. The molecule has 0 aliphatic heterocycles. The fourth-order valence-corrected chi connectivity index (χ4v) is 1.90. The summed E-state index contributed by atoms with van der Waals surface area (Å²) in [7, 11) is 0. The van der Waals surface area contributed by atoms with Gasteiger partial charge < -0.3 is 10.8 Å². The molecule has 0 saturated carbocycles. The fourth-order valence-electron chi connectivity index (χ4n) is 1.67. The van der Waals surface area contributed by atoms with E-state index in [0.717, 1.165) is 6.42 Å². The molecule has 3 N–H and O–H groups in total. The molecule has 0 fully saturated rings. The Morgan fingerprint density at radius 2 is 1.89 bits per heavy atom. The minimum atomic E-state index is -0.671. The van der Waals surface area contributed by atoms with E-state index in [1.807, 2.05) is 0 Å². The molecule has 0 unspecified atom stereocenters. The molecule has 1 aromatic rings. The molecule has 1 aromatic carbocycles. The maximum atomic E-state index is 13.1. The second kappa shape index (κ2) is 7.95. The molecule has 0 heterocycles. The second-order valence-corrected chi connectivity index (χ2v) is 5.20. The summed E-state index contributed by atoms with van der Waals surface area (Å²) < 4.78 is 13.1. The summed E-state index contributed by atoms with van der Waals surface area (Å²) in [5.41, 5.74) is 6.42. The highest BCUT2D eigenvalue weighted by Crippen LogP contribution is 2.23. The Morgan fingerprint density at radius 1 is 1.28 bits per heavy atom. The van der Waals surface area contributed by atoms with E-state index in [1.165, 1.54) is 12.1 Å². The van der Waals surface area contributed by atoms with Crippen LogP contribution in [0, 0.1) is 11.7 Å². The molecule has 0 amide bonds. The Balaban J connectivity index is 0.00000289. The minimum Gasteiger partial charge on any atom is -0.391 e. The molecular formula is C13H20Cl2FNO. The van der Waals surface area contributed by atoms with Crippen molar-refractivity contribution in [1.29, 1.82) is 0 Å². The van der Waals surface area contributed by atoms with Gasteiger partial charge >= 0.3 is 0 Å². The Morgan fingerprint density at radius 3 is 2.39 bits per heavy atom. The van der Waals surface area contributed by atoms with Crippen LogP contribution in [0.1, 0.15) is 38.3 Å². The highest BCUT2D eigenvalue weighted by atomic mass is 35.5. The van der Waals surface area contributed by atoms with Crippen molar-refractivity contribution in [2.45, 2.75) is 38.8 Å². The average Bonchev–Trinajstić information content (AvgIpc) is 2.23.